The minimum absolute atomic E-state index is 0.0350. The van der Waals surface area contributed by atoms with Crippen molar-refractivity contribution in [3.05, 3.63) is 83.9 Å². The van der Waals surface area contributed by atoms with Crippen LogP contribution in [0.1, 0.15) is 43.7 Å². The molecule has 0 aliphatic carbocycles. The van der Waals surface area contributed by atoms with Gasteiger partial charge in [-0.05, 0) is 95.5 Å². The van der Waals surface area contributed by atoms with E-state index in [1.807, 2.05) is 42.5 Å². The highest BCUT2D eigenvalue weighted by Gasteiger charge is 2.29. The minimum atomic E-state index is -0.111. The van der Waals surface area contributed by atoms with Crippen LogP contribution >= 0.6 is 0 Å². The summed E-state index contributed by atoms with van der Waals surface area (Å²) in [6.45, 7) is 2.21. The van der Waals surface area contributed by atoms with Gasteiger partial charge in [-0.2, -0.15) is 0 Å². The topological polar surface area (TPSA) is 96.2 Å². The Balaban J connectivity index is 1.29. The second-order valence-electron chi connectivity index (χ2n) is 11.0. The first kappa shape index (κ1) is 27.5. The predicted molar refractivity (Wildman–Crippen MR) is 156 cm³/mol. The SMILES string of the molecule is COc1c(O)ccc(CCC(=O)C[C@H]2C[C@@H](C)C[C@@H](Cc3ccc(O)cc3)O2)c1-c1ccc2ccc(O)cc2c1. The number of rotatable bonds is 9. The number of ether oxygens (including phenoxy) is 2. The molecule has 0 amide bonds. The second kappa shape index (κ2) is 12.0. The summed E-state index contributed by atoms with van der Waals surface area (Å²) in [5.41, 5.74) is 3.61. The van der Waals surface area contributed by atoms with E-state index in [0.29, 0.717) is 30.9 Å². The summed E-state index contributed by atoms with van der Waals surface area (Å²) in [5.74, 6) is 1.44. The fourth-order valence-corrected chi connectivity index (χ4v) is 5.90. The molecule has 0 radical (unpaired) electrons. The fraction of sp³-hybridized carbons (Fsp3) is 0.324. The highest BCUT2D eigenvalue weighted by Crippen LogP contribution is 2.42. The largest absolute Gasteiger partial charge is 0.508 e. The first-order valence-corrected chi connectivity index (χ1v) is 13.9. The normalized spacial score (nSPS) is 19.0. The van der Waals surface area contributed by atoms with E-state index < -0.39 is 0 Å². The highest BCUT2D eigenvalue weighted by atomic mass is 16.5. The minimum Gasteiger partial charge on any atom is -0.508 e. The van der Waals surface area contributed by atoms with Gasteiger partial charge in [0, 0.05) is 18.4 Å². The van der Waals surface area contributed by atoms with Crippen LogP contribution in [0.4, 0.5) is 0 Å². The van der Waals surface area contributed by atoms with Gasteiger partial charge in [0.25, 0.3) is 0 Å². The van der Waals surface area contributed by atoms with Gasteiger partial charge in [-0.15, -0.1) is 0 Å². The molecule has 6 heteroatoms. The fourth-order valence-electron chi connectivity index (χ4n) is 5.90. The molecule has 40 heavy (non-hydrogen) atoms. The number of fused-ring (bicyclic) bond motifs is 1. The second-order valence-corrected chi connectivity index (χ2v) is 11.0. The van der Waals surface area contributed by atoms with Gasteiger partial charge in [0.2, 0.25) is 0 Å². The van der Waals surface area contributed by atoms with Crippen molar-refractivity contribution in [2.45, 2.75) is 57.7 Å². The van der Waals surface area contributed by atoms with Crippen LogP contribution in [0.5, 0.6) is 23.0 Å². The number of benzene rings is 4. The number of hydrogen-bond acceptors (Lipinski definition) is 6. The van der Waals surface area contributed by atoms with Gasteiger partial charge in [-0.3, -0.25) is 4.79 Å². The highest BCUT2D eigenvalue weighted by molar-refractivity contribution is 5.90. The summed E-state index contributed by atoms with van der Waals surface area (Å²) in [5, 5.41) is 31.9. The Morgan fingerprint density at radius 3 is 2.38 bits per heavy atom. The molecule has 0 spiro atoms. The molecule has 4 aromatic rings. The van der Waals surface area contributed by atoms with E-state index in [1.54, 1.807) is 30.3 Å². The zero-order valence-corrected chi connectivity index (χ0v) is 23.0. The maximum absolute atomic E-state index is 13.2. The molecule has 0 bridgehead atoms. The van der Waals surface area contributed by atoms with E-state index in [-0.39, 0.29) is 35.2 Å². The lowest BCUT2D eigenvalue weighted by molar-refractivity contribution is -0.126. The molecule has 1 heterocycles. The summed E-state index contributed by atoms with van der Waals surface area (Å²) in [6.07, 6.45) is 3.73. The summed E-state index contributed by atoms with van der Waals surface area (Å²) >= 11 is 0. The summed E-state index contributed by atoms with van der Waals surface area (Å²) in [6, 6.07) is 21.8. The van der Waals surface area contributed by atoms with Crippen LogP contribution in [0.3, 0.4) is 0 Å². The van der Waals surface area contributed by atoms with Crippen LogP contribution in [-0.2, 0) is 22.4 Å². The number of methoxy groups -OCH3 is 1. The zero-order chi connectivity index (χ0) is 28.2. The Bertz CT molecular complexity index is 1490. The number of carbonyl (C=O) groups excluding carboxylic acids is 1. The average molecular weight is 541 g/mol. The van der Waals surface area contributed by atoms with Crippen LogP contribution in [0.25, 0.3) is 21.9 Å². The van der Waals surface area contributed by atoms with E-state index >= 15 is 0 Å². The Kier molecular flexibility index (Phi) is 8.27. The lowest BCUT2D eigenvalue weighted by atomic mass is 9.88. The van der Waals surface area contributed by atoms with Gasteiger partial charge >= 0.3 is 0 Å². The third-order valence-corrected chi connectivity index (χ3v) is 7.78. The Morgan fingerprint density at radius 2 is 1.60 bits per heavy atom. The standard InChI is InChI=1S/C34H36O6/c1-21-15-30(17-22-3-10-27(35)11-4-22)40-31(16-21)20-29(37)13-8-24-9-14-32(38)34(39-2)33(24)25-6-5-23-7-12-28(36)19-26(23)18-25/h3-7,9-12,14,18-19,21,30-31,35-36,38H,8,13,15-17,20H2,1-2H3/t21-,30-,31+/m0/s1. The van der Waals surface area contributed by atoms with Crippen molar-refractivity contribution in [3.8, 4) is 34.1 Å². The van der Waals surface area contributed by atoms with E-state index in [2.05, 4.69) is 6.92 Å². The van der Waals surface area contributed by atoms with Crippen LogP contribution in [0, 0.1) is 5.92 Å². The number of Topliss-reactive ketones (excluding diaryl/α,β-unsaturated/α-hetero) is 1. The van der Waals surface area contributed by atoms with Gasteiger partial charge < -0.3 is 24.8 Å². The van der Waals surface area contributed by atoms with Gasteiger partial charge in [0.15, 0.2) is 11.5 Å². The number of aryl methyl sites for hydroxylation is 1. The Morgan fingerprint density at radius 1 is 0.875 bits per heavy atom. The van der Waals surface area contributed by atoms with Crippen molar-refractivity contribution in [2.75, 3.05) is 7.11 Å². The van der Waals surface area contributed by atoms with Gasteiger partial charge in [-0.25, -0.2) is 0 Å². The molecule has 0 aromatic heterocycles. The molecule has 6 nitrogen and oxygen atoms in total. The molecule has 0 saturated carbocycles. The predicted octanol–water partition coefficient (Wildman–Crippen LogP) is 6.95. The zero-order valence-electron chi connectivity index (χ0n) is 23.0. The van der Waals surface area contributed by atoms with Gasteiger partial charge in [-0.1, -0.05) is 43.3 Å². The van der Waals surface area contributed by atoms with Crippen LogP contribution in [0.15, 0.2) is 72.8 Å². The molecule has 208 valence electrons. The number of ketones is 1. The van der Waals surface area contributed by atoms with Crippen molar-refractivity contribution in [3.63, 3.8) is 0 Å². The van der Waals surface area contributed by atoms with Gasteiger partial charge in [0.05, 0.1) is 19.3 Å². The van der Waals surface area contributed by atoms with E-state index in [9.17, 15) is 20.1 Å². The maximum Gasteiger partial charge on any atom is 0.168 e. The van der Waals surface area contributed by atoms with Crippen molar-refractivity contribution >= 4 is 16.6 Å². The van der Waals surface area contributed by atoms with E-state index in [4.69, 9.17) is 9.47 Å². The Hall–Kier alpha value is -4.03. The molecule has 1 aliphatic rings. The summed E-state index contributed by atoms with van der Waals surface area (Å²) in [4.78, 5) is 13.2. The monoisotopic (exact) mass is 540 g/mol. The Labute approximate surface area is 234 Å². The van der Waals surface area contributed by atoms with Crippen LogP contribution in [0.2, 0.25) is 0 Å². The third-order valence-electron chi connectivity index (χ3n) is 7.78. The number of phenolic OH excluding ortho intramolecular Hbond substituents is 3. The molecular formula is C34H36O6. The lowest BCUT2D eigenvalue weighted by Crippen LogP contribution is -2.34. The number of phenols is 3. The maximum atomic E-state index is 13.2. The van der Waals surface area contributed by atoms with Crippen molar-refractivity contribution in [1.29, 1.82) is 0 Å². The lowest BCUT2D eigenvalue weighted by Gasteiger charge is -2.34. The van der Waals surface area contributed by atoms with E-state index in [0.717, 1.165) is 52.3 Å². The molecule has 4 aromatic carbocycles. The molecular weight excluding hydrogens is 504 g/mol. The first-order chi connectivity index (χ1) is 19.3. The molecule has 0 unspecified atom stereocenters. The first-order valence-electron chi connectivity index (χ1n) is 13.9. The van der Waals surface area contributed by atoms with Crippen molar-refractivity contribution < 1.29 is 29.6 Å². The molecule has 1 fully saturated rings. The molecule has 5 rings (SSSR count). The smallest absolute Gasteiger partial charge is 0.168 e. The third kappa shape index (κ3) is 6.40. The molecule has 1 aliphatic heterocycles. The molecule has 3 N–H and O–H groups in total. The van der Waals surface area contributed by atoms with Crippen molar-refractivity contribution in [1.82, 2.24) is 0 Å². The number of hydrogen-bond donors (Lipinski definition) is 3. The summed E-state index contributed by atoms with van der Waals surface area (Å²) in [7, 11) is 1.52. The quantitative estimate of drug-likeness (QED) is 0.213. The average Bonchev–Trinajstić information content (AvgIpc) is 2.92. The van der Waals surface area contributed by atoms with Crippen LogP contribution < -0.4 is 4.74 Å². The number of aromatic hydroxyl groups is 3. The molecule has 1 saturated heterocycles. The number of carbonyl (C=O) groups is 1. The van der Waals surface area contributed by atoms with Gasteiger partial charge in [0.1, 0.15) is 17.3 Å². The molecule has 3 atom stereocenters. The summed E-state index contributed by atoms with van der Waals surface area (Å²) < 4.78 is 11.9. The van der Waals surface area contributed by atoms with Crippen molar-refractivity contribution in [2.24, 2.45) is 5.92 Å². The van der Waals surface area contributed by atoms with Crippen LogP contribution in [-0.4, -0.2) is 40.4 Å². The van der Waals surface area contributed by atoms with E-state index in [1.165, 1.54) is 7.11 Å².